The molecule has 4 aromatic rings. The zero-order valence-corrected chi connectivity index (χ0v) is 30.7. The van der Waals surface area contributed by atoms with E-state index in [1.54, 1.807) is 21.3 Å². The number of amides is 3. The van der Waals surface area contributed by atoms with Crippen molar-refractivity contribution < 1.29 is 19.1 Å². The molecule has 0 aromatic carbocycles. The first-order valence-corrected chi connectivity index (χ1v) is 17.9. The number of nitrogens with two attached hydrogens (primary N) is 2. The fourth-order valence-corrected chi connectivity index (χ4v) is 7.36. The van der Waals surface area contributed by atoms with E-state index in [2.05, 4.69) is 41.1 Å². The lowest BCUT2D eigenvalue weighted by molar-refractivity contribution is 0.0293. The molecule has 2 saturated heterocycles. The fraction of sp³-hybridized carbons (Fsp3) is 0.514. The summed E-state index contributed by atoms with van der Waals surface area (Å²) in [4.78, 5) is 55.6. The lowest BCUT2D eigenvalue weighted by Gasteiger charge is -2.24. The quantitative estimate of drug-likeness (QED) is 0.189. The number of hydrogen-bond donors (Lipinski definition) is 5. The zero-order valence-electron chi connectivity index (χ0n) is 30.7. The lowest BCUT2D eigenvalue weighted by atomic mass is 9.93. The van der Waals surface area contributed by atoms with Crippen LogP contribution in [-0.4, -0.2) is 106 Å². The predicted molar refractivity (Wildman–Crippen MR) is 195 cm³/mol. The highest BCUT2D eigenvalue weighted by Gasteiger charge is 2.32. The van der Waals surface area contributed by atoms with Crippen molar-refractivity contribution in [1.29, 1.82) is 0 Å². The second-order valence-electron chi connectivity index (χ2n) is 14.9. The smallest absolute Gasteiger partial charge is 0.410 e. The van der Waals surface area contributed by atoms with E-state index in [0.717, 1.165) is 90.2 Å². The van der Waals surface area contributed by atoms with Crippen molar-refractivity contribution in [2.24, 2.45) is 25.6 Å². The van der Waals surface area contributed by atoms with E-state index in [9.17, 15) is 14.4 Å². The molecule has 0 saturated carbocycles. The number of aryl methyl sites for hydroxylation is 4. The van der Waals surface area contributed by atoms with E-state index in [-0.39, 0.29) is 12.1 Å². The summed E-state index contributed by atoms with van der Waals surface area (Å²) in [6.07, 6.45) is 8.14. The van der Waals surface area contributed by atoms with Gasteiger partial charge in [-0.05, 0) is 77.0 Å². The molecule has 0 spiro atoms. The van der Waals surface area contributed by atoms with Crippen LogP contribution < -0.4 is 27.4 Å². The van der Waals surface area contributed by atoms with Crippen LogP contribution in [0.15, 0.2) is 12.4 Å². The number of nitrogens with one attached hydrogen (secondary N) is 3. The number of primary amides is 2. The first-order valence-electron chi connectivity index (χ1n) is 17.9. The van der Waals surface area contributed by atoms with Crippen LogP contribution in [0.2, 0.25) is 0 Å². The van der Waals surface area contributed by atoms with Gasteiger partial charge in [-0.3, -0.25) is 19.0 Å². The summed E-state index contributed by atoms with van der Waals surface area (Å²) in [6.45, 7) is 8.64. The minimum Gasteiger partial charge on any atom is -0.444 e. The molecule has 2 fully saturated rings. The molecule has 4 aliphatic rings. The maximum atomic E-state index is 12.3. The monoisotopic (exact) mass is 726 g/mol. The predicted octanol–water partition coefficient (Wildman–Crippen LogP) is 1.34. The van der Waals surface area contributed by atoms with Crippen LogP contribution in [0.25, 0.3) is 22.8 Å². The van der Waals surface area contributed by atoms with Crippen molar-refractivity contribution in [2.45, 2.75) is 77.0 Å². The van der Waals surface area contributed by atoms with Crippen molar-refractivity contribution in [2.75, 3.05) is 36.8 Å². The maximum absolute atomic E-state index is 12.3. The molecule has 53 heavy (non-hydrogen) atoms. The molecule has 18 nitrogen and oxygen atoms in total. The van der Waals surface area contributed by atoms with Crippen LogP contribution in [0.3, 0.4) is 0 Å². The number of nitrogens with zero attached hydrogens (tertiary/aromatic N) is 9. The molecule has 8 rings (SSSR count). The topological polar surface area (TPSA) is 239 Å². The molecular weight excluding hydrogens is 680 g/mol. The number of rotatable bonds is 6. The van der Waals surface area contributed by atoms with Gasteiger partial charge in [0.15, 0.2) is 11.4 Å². The van der Waals surface area contributed by atoms with E-state index in [1.807, 2.05) is 40.2 Å². The highest BCUT2D eigenvalue weighted by Crippen LogP contribution is 2.35. The summed E-state index contributed by atoms with van der Waals surface area (Å²) < 4.78 is 8.80. The third kappa shape index (κ3) is 7.35. The summed E-state index contributed by atoms with van der Waals surface area (Å²) in [5.74, 6) is 0.0808. The Hall–Kier alpha value is -5.65. The first-order chi connectivity index (χ1) is 25.3. The Balaban J connectivity index is 0.000000170. The fourth-order valence-electron chi connectivity index (χ4n) is 7.36. The normalized spacial score (nSPS) is 18.5. The third-order valence-corrected chi connectivity index (χ3v) is 9.79. The standard InChI is InChI=1S/C20H27N7O3.C15H19N7O/c1-20(2,3)30-19(29)27-8-7-12(10-27)23-18-22-9-11-5-6-13-15(17(21)28)25-26(4)16(13)14(11)24-18;1-22-13-10(12(21-22)14(16)23)3-2-8-6-18-15(20-11(8)13)19-9-4-5-17-7-9/h9,12H,5-8,10H2,1-4H3,(H2,21,28)(H,22,23,24);6,9,17H,2-5,7H2,1H3,(H2,16,23)(H,18,19,20). The van der Waals surface area contributed by atoms with Crippen LogP contribution in [-0.2, 0) is 44.5 Å². The van der Waals surface area contributed by atoms with Gasteiger partial charge in [-0.15, -0.1) is 0 Å². The lowest BCUT2D eigenvalue weighted by Crippen LogP contribution is -2.36. The second-order valence-corrected chi connectivity index (χ2v) is 14.9. The van der Waals surface area contributed by atoms with Gasteiger partial charge in [0.2, 0.25) is 11.9 Å². The van der Waals surface area contributed by atoms with Crippen LogP contribution >= 0.6 is 0 Å². The second kappa shape index (κ2) is 14.1. The SMILES string of the molecule is Cn1nc(C(N)=O)c2c1-c1nc(NC3CCN(C(=O)OC(C)(C)C)C3)ncc1CC2.Cn1nc(C(N)=O)c2c1-c1nc(NC3CCNC3)ncc1CC2. The molecule has 0 radical (unpaired) electrons. The van der Waals surface area contributed by atoms with Crippen LogP contribution in [0, 0.1) is 0 Å². The maximum Gasteiger partial charge on any atom is 0.410 e. The minimum atomic E-state index is -0.532. The molecular formula is C35H46N14O4. The number of aromatic nitrogens is 8. The molecule has 0 bridgehead atoms. The van der Waals surface area contributed by atoms with Crippen molar-refractivity contribution in [1.82, 2.24) is 49.7 Å². The molecule has 6 heterocycles. The Bertz CT molecular complexity index is 2080. The van der Waals surface area contributed by atoms with Crippen molar-refractivity contribution in [3.05, 3.63) is 46.0 Å². The van der Waals surface area contributed by atoms with Crippen molar-refractivity contribution >= 4 is 29.8 Å². The molecule has 2 atom stereocenters. The van der Waals surface area contributed by atoms with E-state index in [4.69, 9.17) is 21.2 Å². The number of fused-ring (bicyclic) bond motifs is 6. The molecule has 2 unspecified atom stereocenters. The summed E-state index contributed by atoms with van der Waals surface area (Å²) in [7, 11) is 3.60. The van der Waals surface area contributed by atoms with Crippen molar-refractivity contribution in [3.8, 4) is 22.8 Å². The Morgan fingerprint density at radius 2 is 1.34 bits per heavy atom. The van der Waals surface area contributed by atoms with Gasteiger partial charge in [-0.2, -0.15) is 10.2 Å². The Morgan fingerprint density at radius 3 is 1.81 bits per heavy atom. The average Bonchev–Trinajstić information content (AvgIpc) is 3.91. The largest absolute Gasteiger partial charge is 0.444 e. The van der Waals surface area contributed by atoms with Gasteiger partial charge < -0.3 is 37.1 Å². The van der Waals surface area contributed by atoms with E-state index in [0.29, 0.717) is 48.8 Å². The number of hydrogen-bond acceptors (Lipinski definition) is 13. The zero-order chi connectivity index (χ0) is 37.6. The summed E-state index contributed by atoms with van der Waals surface area (Å²) >= 11 is 0. The van der Waals surface area contributed by atoms with Gasteiger partial charge in [0.05, 0.1) is 22.8 Å². The van der Waals surface area contributed by atoms with Gasteiger partial charge in [0.25, 0.3) is 11.8 Å². The molecule has 2 aliphatic heterocycles. The van der Waals surface area contributed by atoms with E-state index >= 15 is 0 Å². The highest BCUT2D eigenvalue weighted by molar-refractivity contribution is 5.95. The van der Waals surface area contributed by atoms with Crippen molar-refractivity contribution in [3.63, 3.8) is 0 Å². The minimum absolute atomic E-state index is 0.0337. The number of anilines is 2. The molecule has 2 aliphatic carbocycles. The van der Waals surface area contributed by atoms with Crippen LogP contribution in [0.5, 0.6) is 0 Å². The number of ether oxygens (including phenoxy) is 1. The molecule has 4 aromatic heterocycles. The number of likely N-dealkylation sites (tertiary alicyclic amines) is 1. The molecule has 7 N–H and O–H groups in total. The Morgan fingerprint density at radius 1 is 0.811 bits per heavy atom. The van der Waals surface area contributed by atoms with Gasteiger partial charge in [-0.1, -0.05) is 0 Å². The third-order valence-electron chi connectivity index (χ3n) is 9.79. The average molecular weight is 727 g/mol. The van der Waals surface area contributed by atoms with Crippen LogP contribution in [0.4, 0.5) is 16.7 Å². The molecule has 280 valence electrons. The summed E-state index contributed by atoms with van der Waals surface area (Å²) in [5, 5.41) is 18.6. The van der Waals surface area contributed by atoms with Gasteiger partial charge in [0.1, 0.15) is 5.60 Å². The van der Waals surface area contributed by atoms with Gasteiger partial charge >= 0.3 is 6.09 Å². The first kappa shape index (κ1) is 35.7. The van der Waals surface area contributed by atoms with Gasteiger partial charge in [-0.25, -0.2) is 24.7 Å². The Kier molecular flexibility index (Phi) is 9.48. The van der Waals surface area contributed by atoms with Gasteiger partial charge in [0, 0.05) is 69.3 Å². The summed E-state index contributed by atoms with van der Waals surface area (Å²) in [6, 6.07) is 0.384. The number of carbonyl (C=O) groups is 3. The molecule has 18 heteroatoms. The van der Waals surface area contributed by atoms with E-state index < -0.39 is 17.4 Å². The van der Waals surface area contributed by atoms with E-state index in [1.165, 1.54) is 0 Å². The Labute approximate surface area is 306 Å². The van der Waals surface area contributed by atoms with Crippen LogP contribution in [0.1, 0.15) is 76.8 Å². The highest BCUT2D eigenvalue weighted by atomic mass is 16.6. The summed E-state index contributed by atoms with van der Waals surface area (Å²) in [5.41, 5.74) is 18.1. The number of carbonyl (C=O) groups excluding carboxylic acids is 3. The molecule has 3 amide bonds.